The summed E-state index contributed by atoms with van der Waals surface area (Å²) in [6, 6.07) is 6.31. The maximum absolute atomic E-state index is 8.98. The van der Waals surface area contributed by atoms with E-state index in [1.54, 1.807) is 0 Å². The highest BCUT2D eigenvalue weighted by atomic mass is 16.4. The third-order valence-corrected chi connectivity index (χ3v) is 3.36. The molecule has 0 aromatic heterocycles. The molecule has 3 nitrogen and oxygen atoms in total. The van der Waals surface area contributed by atoms with Crippen LogP contribution in [0.4, 0.5) is 5.69 Å². The average molecular weight is 202 g/mol. The Morgan fingerprint density at radius 3 is 3.00 bits per heavy atom. The van der Waals surface area contributed by atoms with Gasteiger partial charge in [-0.1, -0.05) is 23.4 Å². The fourth-order valence-corrected chi connectivity index (χ4v) is 2.67. The van der Waals surface area contributed by atoms with Crippen molar-refractivity contribution in [3.8, 4) is 0 Å². The molecular formula is C12H14N2O. The molecule has 3 heteroatoms. The van der Waals surface area contributed by atoms with Crippen molar-refractivity contribution in [2.45, 2.75) is 19.3 Å². The van der Waals surface area contributed by atoms with Gasteiger partial charge in [0.15, 0.2) is 0 Å². The van der Waals surface area contributed by atoms with Gasteiger partial charge in [-0.05, 0) is 18.4 Å². The van der Waals surface area contributed by atoms with Crippen molar-refractivity contribution in [1.29, 1.82) is 0 Å². The van der Waals surface area contributed by atoms with Crippen LogP contribution in [0.15, 0.2) is 23.4 Å². The summed E-state index contributed by atoms with van der Waals surface area (Å²) in [6.45, 7) is 2.13. The van der Waals surface area contributed by atoms with E-state index < -0.39 is 0 Å². The Hall–Kier alpha value is -1.51. The highest BCUT2D eigenvalue weighted by Gasteiger charge is 2.26. The summed E-state index contributed by atoms with van der Waals surface area (Å²) in [5.74, 6) is 0. The normalized spacial score (nSPS) is 21.6. The van der Waals surface area contributed by atoms with Gasteiger partial charge >= 0.3 is 0 Å². The number of rotatable bonds is 0. The Balaban J connectivity index is 2.22. The van der Waals surface area contributed by atoms with Crippen LogP contribution in [0.5, 0.6) is 0 Å². The molecule has 3 rings (SSSR count). The monoisotopic (exact) mass is 202 g/mol. The lowest BCUT2D eigenvalue weighted by molar-refractivity contribution is 0.317. The van der Waals surface area contributed by atoms with Crippen molar-refractivity contribution in [1.82, 2.24) is 0 Å². The summed E-state index contributed by atoms with van der Waals surface area (Å²) in [5.41, 5.74) is 4.67. The molecule has 0 atom stereocenters. The molecule has 0 unspecified atom stereocenters. The summed E-state index contributed by atoms with van der Waals surface area (Å²) < 4.78 is 0. The number of para-hydroxylation sites is 1. The molecule has 0 spiro atoms. The Morgan fingerprint density at radius 1 is 1.20 bits per heavy atom. The molecule has 2 heterocycles. The Kier molecular flexibility index (Phi) is 1.91. The highest BCUT2D eigenvalue weighted by molar-refractivity contribution is 6.07. The first-order chi connectivity index (χ1) is 7.40. The third-order valence-electron chi connectivity index (χ3n) is 3.36. The van der Waals surface area contributed by atoms with Gasteiger partial charge in [0.2, 0.25) is 0 Å². The molecule has 0 saturated heterocycles. The number of hydrogen-bond acceptors (Lipinski definition) is 3. The lowest BCUT2D eigenvalue weighted by atomic mass is 9.91. The van der Waals surface area contributed by atoms with E-state index in [-0.39, 0.29) is 0 Å². The van der Waals surface area contributed by atoms with Crippen LogP contribution in [0.25, 0.3) is 0 Å². The van der Waals surface area contributed by atoms with Crippen LogP contribution in [0, 0.1) is 0 Å². The Labute approximate surface area is 89.0 Å². The third kappa shape index (κ3) is 1.23. The first kappa shape index (κ1) is 8.77. The van der Waals surface area contributed by atoms with Crippen LogP contribution in [0.1, 0.15) is 24.0 Å². The van der Waals surface area contributed by atoms with E-state index in [1.807, 2.05) is 0 Å². The van der Waals surface area contributed by atoms with Crippen molar-refractivity contribution >= 4 is 11.4 Å². The first-order valence-electron chi connectivity index (χ1n) is 5.48. The summed E-state index contributed by atoms with van der Waals surface area (Å²) in [6.07, 6.45) is 3.24. The molecule has 0 saturated carbocycles. The molecule has 1 N–H and O–H groups in total. The van der Waals surface area contributed by atoms with Gasteiger partial charge in [0.1, 0.15) is 0 Å². The minimum atomic E-state index is 0.838. The molecule has 0 bridgehead atoms. The topological polar surface area (TPSA) is 35.8 Å². The molecule has 15 heavy (non-hydrogen) atoms. The summed E-state index contributed by atoms with van der Waals surface area (Å²) >= 11 is 0. The van der Waals surface area contributed by atoms with E-state index in [2.05, 4.69) is 28.3 Å². The lowest BCUT2D eigenvalue weighted by Crippen LogP contribution is -2.36. The van der Waals surface area contributed by atoms with E-state index in [0.29, 0.717) is 0 Å². The van der Waals surface area contributed by atoms with Crippen molar-refractivity contribution in [2.75, 3.05) is 18.0 Å². The Morgan fingerprint density at radius 2 is 2.13 bits per heavy atom. The molecule has 1 aromatic carbocycles. The number of aryl methyl sites for hydroxylation is 1. The highest BCUT2D eigenvalue weighted by Crippen LogP contribution is 2.34. The minimum Gasteiger partial charge on any atom is -0.411 e. The van der Waals surface area contributed by atoms with Gasteiger partial charge in [-0.15, -0.1) is 0 Å². The molecule has 0 aliphatic carbocycles. The molecule has 1 aromatic rings. The number of hydrogen-bond donors (Lipinski definition) is 1. The van der Waals surface area contributed by atoms with E-state index in [1.165, 1.54) is 17.7 Å². The zero-order chi connectivity index (χ0) is 10.3. The second kappa shape index (κ2) is 3.26. The van der Waals surface area contributed by atoms with Gasteiger partial charge in [0.25, 0.3) is 0 Å². The van der Waals surface area contributed by atoms with Crippen molar-refractivity contribution in [2.24, 2.45) is 5.16 Å². The SMILES string of the molecule is O/N=C1\CCN2CCCc3cccc1c32. The van der Waals surface area contributed by atoms with Crippen LogP contribution in [-0.2, 0) is 6.42 Å². The molecule has 0 radical (unpaired) electrons. The van der Waals surface area contributed by atoms with E-state index in [0.717, 1.165) is 37.2 Å². The van der Waals surface area contributed by atoms with Gasteiger partial charge in [0, 0.05) is 30.8 Å². The van der Waals surface area contributed by atoms with E-state index in [4.69, 9.17) is 5.21 Å². The zero-order valence-electron chi connectivity index (χ0n) is 8.61. The number of anilines is 1. The van der Waals surface area contributed by atoms with Crippen LogP contribution in [0.3, 0.4) is 0 Å². The second-order valence-electron chi connectivity index (χ2n) is 4.20. The summed E-state index contributed by atoms with van der Waals surface area (Å²) in [4.78, 5) is 2.42. The van der Waals surface area contributed by atoms with Crippen LogP contribution < -0.4 is 4.90 Å². The quantitative estimate of drug-likeness (QED) is 0.516. The predicted octanol–water partition coefficient (Wildman–Crippen LogP) is 2.02. The number of oxime groups is 1. The van der Waals surface area contributed by atoms with Crippen molar-refractivity contribution in [3.63, 3.8) is 0 Å². The smallest absolute Gasteiger partial charge is 0.0906 e. The molecule has 2 aliphatic rings. The molecule has 0 amide bonds. The fourth-order valence-electron chi connectivity index (χ4n) is 2.67. The van der Waals surface area contributed by atoms with Crippen LogP contribution in [0.2, 0.25) is 0 Å². The number of nitrogens with zero attached hydrogens (tertiary/aromatic N) is 2. The maximum Gasteiger partial charge on any atom is 0.0906 e. The average Bonchev–Trinajstić information content (AvgIpc) is 2.30. The van der Waals surface area contributed by atoms with Crippen LogP contribution >= 0.6 is 0 Å². The fraction of sp³-hybridized carbons (Fsp3) is 0.417. The van der Waals surface area contributed by atoms with Crippen molar-refractivity contribution in [3.05, 3.63) is 29.3 Å². The second-order valence-corrected chi connectivity index (χ2v) is 4.20. The molecular weight excluding hydrogens is 188 g/mol. The molecule has 0 fully saturated rings. The lowest BCUT2D eigenvalue weighted by Gasteiger charge is -2.36. The predicted molar refractivity (Wildman–Crippen MR) is 59.9 cm³/mol. The van der Waals surface area contributed by atoms with Gasteiger partial charge in [-0.25, -0.2) is 0 Å². The van der Waals surface area contributed by atoms with Gasteiger partial charge < -0.3 is 10.1 Å². The summed E-state index contributed by atoms with van der Waals surface area (Å²) in [7, 11) is 0. The van der Waals surface area contributed by atoms with Gasteiger partial charge in [-0.2, -0.15) is 0 Å². The van der Waals surface area contributed by atoms with Crippen molar-refractivity contribution < 1.29 is 5.21 Å². The van der Waals surface area contributed by atoms with E-state index >= 15 is 0 Å². The van der Waals surface area contributed by atoms with E-state index in [9.17, 15) is 0 Å². The zero-order valence-corrected chi connectivity index (χ0v) is 8.61. The maximum atomic E-state index is 8.98. The Bertz CT molecular complexity index is 426. The minimum absolute atomic E-state index is 0.838. The largest absolute Gasteiger partial charge is 0.411 e. The standard InChI is InChI=1S/C12H14N2O/c15-13-11-6-8-14-7-2-4-9-3-1-5-10(11)12(9)14/h1,3,5,15H,2,4,6-8H2/b13-11+. The summed E-state index contributed by atoms with van der Waals surface area (Å²) in [5, 5.41) is 12.4. The van der Waals surface area contributed by atoms with Gasteiger partial charge in [0.05, 0.1) is 5.71 Å². The van der Waals surface area contributed by atoms with Crippen LogP contribution in [-0.4, -0.2) is 24.0 Å². The molecule has 78 valence electrons. The first-order valence-corrected chi connectivity index (χ1v) is 5.48. The molecule has 2 aliphatic heterocycles. The number of benzene rings is 1. The van der Waals surface area contributed by atoms with Gasteiger partial charge in [-0.3, -0.25) is 0 Å².